The number of amides is 1. The number of nitrogens with zero attached hydrogens (tertiary/aromatic N) is 1. The number of hydrogen-bond acceptors (Lipinski definition) is 2. The third-order valence-electron chi connectivity index (χ3n) is 3.45. The van der Waals surface area contributed by atoms with E-state index in [0.717, 1.165) is 6.07 Å². The normalized spacial score (nSPS) is 20.1. The van der Waals surface area contributed by atoms with E-state index < -0.39 is 11.7 Å². The lowest BCUT2D eigenvalue weighted by atomic mass is 10.0. The first-order valence-corrected chi connectivity index (χ1v) is 6.49. The molecule has 1 saturated heterocycles. The smallest absolute Gasteiger partial charge is 0.336 e. The van der Waals surface area contributed by atoms with Crippen LogP contribution in [0.4, 0.5) is 13.2 Å². The summed E-state index contributed by atoms with van der Waals surface area (Å²) >= 11 is 0. The molecule has 6 heteroatoms. The molecular weight excluding hydrogens is 269 g/mol. The molecule has 1 atom stereocenters. The van der Waals surface area contributed by atoms with E-state index in [1.165, 1.54) is 19.1 Å². The third-order valence-corrected chi connectivity index (χ3v) is 3.45. The van der Waals surface area contributed by atoms with Crippen molar-refractivity contribution in [2.24, 2.45) is 0 Å². The van der Waals surface area contributed by atoms with Crippen molar-refractivity contribution in [1.82, 2.24) is 10.2 Å². The summed E-state index contributed by atoms with van der Waals surface area (Å²) in [6.45, 7) is 5.01. The fraction of sp³-hybridized carbons (Fsp3) is 0.500. The third kappa shape index (κ3) is 3.12. The molecule has 1 aliphatic rings. The zero-order valence-electron chi connectivity index (χ0n) is 11.4. The molecule has 1 aromatic carbocycles. The highest BCUT2D eigenvalue weighted by atomic mass is 19.4. The van der Waals surface area contributed by atoms with Crippen molar-refractivity contribution in [3.63, 3.8) is 0 Å². The predicted molar refractivity (Wildman–Crippen MR) is 69.5 cm³/mol. The second-order valence-electron chi connectivity index (χ2n) is 5.13. The number of aryl methyl sites for hydroxylation is 1. The van der Waals surface area contributed by atoms with Crippen LogP contribution in [0.15, 0.2) is 18.2 Å². The summed E-state index contributed by atoms with van der Waals surface area (Å²) in [6.07, 6.45) is -4.43. The summed E-state index contributed by atoms with van der Waals surface area (Å²) in [7, 11) is 0. The lowest BCUT2D eigenvalue weighted by molar-refractivity contribution is -0.138. The van der Waals surface area contributed by atoms with E-state index in [-0.39, 0.29) is 23.1 Å². The van der Waals surface area contributed by atoms with Gasteiger partial charge in [0.05, 0.1) is 5.56 Å². The molecule has 110 valence electrons. The molecule has 20 heavy (non-hydrogen) atoms. The number of carbonyl (C=O) groups excluding carboxylic acids is 1. The Labute approximate surface area is 115 Å². The first kappa shape index (κ1) is 14.8. The van der Waals surface area contributed by atoms with Crippen LogP contribution < -0.4 is 5.32 Å². The zero-order valence-corrected chi connectivity index (χ0v) is 11.4. The second kappa shape index (κ2) is 5.44. The van der Waals surface area contributed by atoms with Gasteiger partial charge in [-0.05, 0) is 31.5 Å². The van der Waals surface area contributed by atoms with E-state index in [0.29, 0.717) is 19.6 Å². The predicted octanol–water partition coefficient (Wildman–Crippen LogP) is 2.45. The van der Waals surface area contributed by atoms with Crippen molar-refractivity contribution in [3.05, 3.63) is 34.9 Å². The van der Waals surface area contributed by atoms with Gasteiger partial charge in [0, 0.05) is 31.2 Å². The number of rotatable bonds is 1. The van der Waals surface area contributed by atoms with Gasteiger partial charge in [-0.25, -0.2) is 0 Å². The average Bonchev–Trinajstić information content (AvgIpc) is 2.37. The lowest BCUT2D eigenvalue weighted by Crippen LogP contribution is -2.51. The second-order valence-corrected chi connectivity index (χ2v) is 5.13. The van der Waals surface area contributed by atoms with Gasteiger partial charge in [0.1, 0.15) is 0 Å². The van der Waals surface area contributed by atoms with Gasteiger partial charge in [0.2, 0.25) is 0 Å². The highest BCUT2D eigenvalue weighted by Gasteiger charge is 2.33. The maximum absolute atomic E-state index is 12.9. The molecule has 0 radical (unpaired) electrons. The van der Waals surface area contributed by atoms with Gasteiger partial charge in [-0.2, -0.15) is 13.2 Å². The molecule has 1 unspecified atom stereocenters. The molecule has 2 rings (SSSR count). The summed E-state index contributed by atoms with van der Waals surface area (Å²) in [5, 5.41) is 3.19. The Morgan fingerprint density at radius 2 is 2.10 bits per heavy atom. The molecule has 1 fully saturated rings. The number of nitrogens with one attached hydrogen (secondary N) is 1. The lowest BCUT2D eigenvalue weighted by Gasteiger charge is -2.32. The Balaban J connectivity index is 2.26. The highest BCUT2D eigenvalue weighted by Crippen LogP contribution is 2.32. The van der Waals surface area contributed by atoms with Crippen LogP contribution in [-0.2, 0) is 6.18 Å². The van der Waals surface area contributed by atoms with Crippen molar-refractivity contribution >= 4 is 5.91 Å². The fourth-order valence-corrected chi connectivity index (χ4v) is 2.36. The minimum atomic E-state index is -4.43. The Kier molecular flexibility index (Phi) is 4.04. The van der Waals surface area contributed by atoms with E-state index in [9.17, 15) is 18.0 Å². The molecule has 0 saturated carbocycles. The van der Waals surface area contributed by atoms with E-state index in [1.807, 2.05) is 6.92 Å². The molecule has 1 amide bonds. The Morgan fingerprint density at radius 3 is 2.70 bits per heavy atom. The van der Waals surface area contributed by atoms with Crippen molar-refractivity contribution in [1.29, 1.82) is 0 Å². The summed E-state index contributed by atoms with van der Waals surface area (Å²) in [5.74, 6) is -0.344. The van der Waals surface area contributed by atoms with Crippen LogP contribution >= 0.6 is 0 Å². The van der Waals surface area contributed by atoms with Gasteiger partial charge in [-0.15, -0.1) is 0 Å². The van der Waals surface area contributed by atoms with Crippen LogP contribution in [0.25, 0.3) is 0 Å². The Morgan fingerprint density at radius 1 is 1.40 bits per heavy atom. The molecule has 3 nitrogen and oxygen atoms in total. The monoisotopic (exact) mass is 286 g/mol. The topological polar surface area (TPSA) is 32.3 Å². The van der Waals surface area contributed by atoms with Crippen molar-refractivity contribution < 1.29 is 18.0 Å². The van der Waals surface area contributed by atoms with E-state index in [2.05, 4.69) is 5.32 Å². The zero-order chi connectivity index (χ0) is 14.9. The number of benzene rings is 1. The van der Waals surface area contributed by atoms with Crippen LogP contribution in [0, 0.1) is 6.92 Å². The van der Waals surface area contributed by atoms with Crippen molar-refractivity contribution in [2.45, 2.75) is 26.1 Å². The van der Waals surface area contributed by atoms with Gasteiger partial charge in [0.15, 0.2) is 0 Å². The number of hydrogen-bond donors (Lipinski definition) is 1. The van der Waals surface area contributed by atoms with Gasteiger partial charge in [0.25, 0.3) is 5.91 Å². The average molecular weight is 286 g/mol. The van der Waals surface area contributed by atoms with E-state index >= 15 is 0 Å². The maximum Gasteiger partial charge on any atom is 0.416 e. The summed E-state index contributed by atoms with van der Waals surface area (Å²) < 4.78 is 38.6. The Bertz CT molecular complexity index is 514. The number of piperazine rings is 1. The van der Waals surface area contributed by atoms with Crippen LogP contribution in [-0.4, -0.2) is 36.5 Å². The SMILES string of the molecule is Cc1ccc(C(=O)N2CCNC(C)C2)cc1C(F)(F)F. The van der Waals surface area contributed by atoms with Crippen LogP contribution in [0.2, 0.25) is 0 Å². The molecule has 1 heterocycles. The standard InChI is InChI=1S/C14H17F3N2O/c1-9-3-4-11(7-12(9)14(15,16)17)13(20)19-6-5-18-10(2)8-19/h3-4,7,10,18H,5-6,8H2,1-2H3. The highest BCUT2D eigenvalue weighted by molar-refractivity contribution is 5.94. The molecule has 0 bridgehead atoms. The molecule has 1 aliphatic heterocycles. The molecule has 0 spiro atoms. The molecule has 1 aromatic rings. The molecular formula is C14H17F3N2O. The summed E-state index contributed by atoms with van der Waals surface area (Å²) in [4.78, 5) is 13.9. The minimum Gasteiger partial charge on any atom is -0.336 e. The van der Waals surface area contributed by atoms with Gasteiger partial charge in [-0.1, -0.05) is 6.07 Å². The van der Waals surface area contributed by atoms with Crippen molar-refractivity contribution in [2.75, 3.05) is 19.6 Å². The van der Waals surface area contributed by atoms with Crippen LogP contribution in [0.3, 0.4) is 0 Å². The van der Waals surface area contributed by atoms with Crippen LogP contribution in [0.5, 0.6) is 0 Å². The number of halogens is 3. The van der Waals surface area contributed by atoms with Crippen molar-refractivity contribution in [3.8, 4) is 0 Å². The molecule has 0 aliphatic carbocycles. The van der Waals surface area contributed by atoms with E-state index in [1.54, 1.807) is 4.90 Å². The van der Waals surface area contributed by atoms with Gasteiger partial charge in [-0.3, -0.25) is 4.79 Å². The quantitative estimate of drug-likeness (QED) is 0.860. The molecule has 1 N–H and O–H groups in total. The van der Waals surface area contributed by atoms with Gasteiger partial charge < -0.3 is 10.2 Å². The van der Waals surface area contributed by atoms with Crippen LogP contribution in [0.1, 0.15) is 28.4 Å². The van der Waals surface area contributed by atoms with Gasteiger partial charge >= 0.3 is 6.18 Å². The fourth-order valence-electron chi connectivity index (χ4n) is 2.36. The minimum absolute atomic E-state index is 0.0945. The maximum atomic E-state index is 12.9. The number of alkyl halides is 3. The first-order valence-electron chi connectivity index (χ1n) is 6.49. The largest absolute Gasteiger partial charge is 0.416 e. The number of carbonyl (C=O) groups is 1. The first-order chi connectivity index (χ1) is 9.29. The summed E-state index contributed by atoms with van der Waals surface area (Å²) in [5.41, 5.74) is -0.522. The Hall–Kier alpha value is -1.56. The molecule has 0 aromatic heterocycles. The summed E-state index contributed by atoms with van der Waals surface area (Å²) in [6, 6.07) is 3.91. The van der Waals surface area contributed by atoms with E-state index in [4.69, 9.17) is 0 Å².